The van der Waals surface area contributed by atoms with Gasteiger partial charge in [-0.05, 0) is 12.1 Å². The minimum absolute atomic E-state index is 0.0139. The first-order valence-corrected chi connectivity index (χ1v) is 9.56. The smallest absolute Gasteiger partial charge is 0.437 e. The number of amides is 1. The molecular formula is C18H20N4O7S. The molecule has 0 unspecified atom stereocenters. The van der Waals surface area contributed by atoms with E-state index in [0.717, 1.165) is 23.8 Å². The van der Waals surface area contributed by atoms with Crippen molar-refractivity contribution in [2.45, 2.75) is 11.6 Å². The number of hydrogen-bond donors (Lipinski definition) is 0. The minimum atomic E-state index is -0.877. The molecule has 0 N–H and O–H groups in total. The molecule has 0 spiro atoms. The molecule has 0 aromatic carbocycles. The third kappa shape index (κ3) is 6.04. The van der Waals surface area contributed by atoms with Gasteiger partial charge in [-0.25, -0.2) is 9.78 Å². The second-order valence-electron chi connectivity index (χ2n) is 5.69. The molecule has 30 heavy (non-hydrogen) atoms. The number of nitrogens with zero attached hydrogens (tertiary/aromatic N) is 4. The van der Waals surface area contributed by atoms with Gasteiger partial charge in [0.05, 0.1) is 19.8 Å². The number of carbonyl (C=O) groups is 3. The van der Waals surface area contributed by atoms with Crippen molar-refractivity contribution in [3.8, 4) is 11.5 Å². The Hall–Kier alpha value is -3.41. The number of hydrogen-bond acceptors (Lipinski definition) is 10. The maximum Gasteiger partial charge on any atom is 0.437 e. The Morgan fingerprint density at radius 1 is 1.27 bits per heavy atom. The van der Waals surface area contributed by atoms with E-state index < -0.39 is 43.2 Å². The summed E-state index contributed by atoms with van der Waals surface area (Å²) in [6, 6.07) is 3.34. The highest BCUT2D eigenvalue weighted by atomic mass is 32.2. The van der Waals surface area contributed by atoms with E-state index in [1.807, 2.05) is 0 Å². The molecule has 0 saturated heterocycles. The Labute approximate surface area is 175 Å². The van der Waals surface area contributed by atoms with Crippen LogP contribution >= 0.6 is 11.8 Å². The first-order chi connectivity index (χ1) is 14.4. The van der Waals surface area contributed by atoms with Crippen LogP contribution in [-0.4, -0.2) is 70.6 Å². The normalized spacial score (nSPS) is 10.3. The third-order valence-electron chi connectivity index (χ3n) is 3.68. The predicted octanol–water partition coefficient (Wildman–Crippen LogP) is 0.351. The molecule has 2 heterocycles. The molecule has 1 amide bonds. The summed E-state index contributed by atoms with van der Waals surface area (Å²) < 4.78 is 15.0. The molecule has 160 valence electrons. The van der Waals surface area contributed by atoms with Gasteiger partial charge in [-0.15, -0.1) is 23.4 Å². The quantitative estimate of drug-likeness (QED) is 0.292. The van der Waals surface area contributed by atoms with Crippen LogP contribution in [0.2, 0.25) is 0 Å². The van der Waals surface area contributed by atoms with E-state index >= 15 is 0 Å². The monoisotopic (exact) mass is 436 g/mol. The molecule has 11 nitrogen and oxygen atoms in total. The van der Waals surface area contributed by atoms with Gasteiger partial charge in [0.1, 0.15) is 24.7 Å². The van der Waals surface area contributed by atoms with Crippen LogP contribution in [0.3, 0.4) is 0 Å². The highest BCUT2D eigenvalue weighted by molar-refractivity contribution is 7.99. The van der Waals surface area contributed by atoms with E-state index in [4.69, 9.17) is 4.42 Å². The Morgan fingerprint density at radius 2 is 1.93 bits per heavy atom. The van der Waals surface area contributed by atoms with Gasteiger partial charge < -0.3 is 18.8 Å². The van der Waals surface area contributed by atoms with Crippen molar-refractivity contribution in [3.63, 3.8) is 0 Å². The van der Waals surface area contributed by atoms with E-state index in [1.165, 1.54) is 11.8 Å². The van der Waals surface area contributed by atoms with Crippen molar-refractivity contribution >= 4 is 29.6 Å². The molecule has 0 radical (unpaired) electrons. The molecule has 0 aliphatic rings. The molecule has 2 aromatic heterocycles. The first kappa shape index (κ1) is 22.9. The molecule has 0 atom stereocenters. The van der Waals surface area contributed by atoms with Gasteiger partial charge >= 0.3 is 17.7 Å². The molecule has 2 rings (SSSR count). The van der Waals surface area contributed by atoms with Gasteiger partial charge in [0.15, 0.2) is 0 Å². The molecule has 12 heteroatoms. The minimum Gasteiger partial charge on any atom is -0.468 e. The van der Waals surface area contributed by atoms with Crippen molar-refractivity contribution < 1.29 is 28.3 Å². The lowest BCUT2D eigenvalue weighted by atomic mass is 10.3. The van der Waals surface area contributed by atoms with Crippen LogP contribution in [0.1, 0.15) is 0 Å². The van der Waals surface area contributed by atoms with Crippen molar-refractivity contribution in [2.24, 2.45) is 0 Å². The number of aromatic nitrogens is 3. The fourth-order valence-corrected chi connectivity index (χ4v) is 2.94. The molecule has 0 aliphatic carbocycles. The van der Waals surface area contributed by atoms with Crippen LogP contribution in [0.15, 0.2) is 45.2 Å². The standard InChI is InChI=1S/C18H20N4O7S/c1-4-8-30-17-12(6-5-7-19-17)16-20-22(18(26)29-16)9-13(23)21(10-14(24)27-2)11-15(25)28-3/h4-7H,1,8-11H2,2-3H3. The van der Waals surface area contributed by atoms with Crippen molar-refractivity contribution in [1.29, 1.82) is 0 Å². The van der Waals surface area contributed by atoms with Gasteiger partial charge in [0.2, 0.25) is 5.91 Å². The Morgan fingerprint density at radius 3 is 2.53 bits per heavy atom. The number of thioether (sulfide) groups is 1. The van der Waals surface area contributed by atoms with E-state index in [2.05, 4.69) is 26.1 Å². The second kappa shape index (κ2) is 11.0. The molecule has 0 saturated carbocycles. The summed E-state index contributed by atoms with van der Waals surface area (Å²) in [6.07, 6.45) is 3.29. The lowest BCUT2D eigenvalue weighted by Crippen LogP contribution is -2.42. The van der Waals surface area contributed by atoms with E-state index in [9.17, 15) is 19.2 Å². The largest absolute Gasteiger partial charge is 0.468 e. The SMILES string of the molecule is C=CCSc1ncccc1-c1nn(CC(=O)N(CC(=O)OC)CC(=O)OC)c(=O)o1. The summed E-state index contributed by atoms with van der Waals surface area (Å²) in [5, 5.41) is 4.63. The summed E-state index contributed by atoms with van der Waals surface area (Å²) >= 11 is 1.38. The maximum atomic E-state index is 12.6. The van der Waals surface area contributed by atoms with Gasteiger partial charge in [-0.3, -0.25) is 14.4 Å². The molecule has 0 aliphatic heterocycles. The zero-order chi connectivity index (χ0) is 22.1. The Kier molecular flexibility index (Phi) is 8.35. The van der Waals surface area contributed by atoms with Crippen LogP contribution in [0.4, 0.5) is 0 Å². The molecular weight excluding hydrogens is 416 g/mol. The van der Waals surface area contributed by atoms with Crippen LogP contribution in [0.25, 0.3) is 11.5 Å². The molecule has 2 aromatic rings. The Bertz CT molecular complexity index is 967. The van der Waals surface area contributed by atoms with Gasteiger partial charge in [-0.2, -0.15) is 4.68 Å². The summed E-state index contributed by atoms with van der Waals surface area (Å²) in [6.45, 7) is 2.12. The summed E-state index contributed by atoms with van der Waals surface area (Å²) in [5.74, 6) is -2.50. The fourth-order valence-electron chi connectivity index (χ4n) is 2.22. The summed E-state index contributed by atoms with van der Waals surface area (Å²) in [4.78, 5) is 53.0. The number of ether oxygens (including phenoxy) is 2. The van der Waals surface area contributed by atoms with Gasteiger partial charge in [-0.1, -0.05) is 6.08 Å². The highest BCUT2D eigenvalue weighted by Crippen LogP contribution is 2.27. The number of methoxy groups -OCH3 is 2. The predicted molar refractivity (Wildman–Crippen MR) is 106 cm³/mol. The lowest BCUT2D eigenvalue weighted by Gasteiger charge is -2.19. The molecule has 0 fully saturated rings. The van der Waals surface area contributed by atoms with E-state index in [0.29, 0.717) is 16.3 Å². The van der Waals surface area contributed by atoms with Crippen molar-refractivity contribution in [2.75, 3.05) is 33.1 Å². The van der Waals surface area contributed by atoms with Crippen LogP contribution in [-0.2, 0) is 30.4 Å². The second-order valence-corrected chi connectivity index (χ2v) is 6.70. The number of pyridine rings is 1. The van der Waals surface area contributed by atoms with E-state index in [1.54, 1.807) is 24.4 Å². The average Bonchev–Trinajstić information content (AvgIpc) is 3.11. The number of esters is 2. The molecule has 0 bridgehead atoms. The fraction of sp³-hybridized carbons (Fsp3) is 0.333. The van der Waals surface area contributed by atoms with Crippen LogP contribution in [0, 0.1) is 0 Å². The third-order valence-corrected chi connectivity index (χ3v) is 4.68. The van der Waals surface area contributed by atoms with E-state index in [-0.39, 0.29) is 5.89 Å². The van der Waals surface area contributed by atoms with Gasteiger partial charge in [0, 0.05) is 11.9 Å². The van der Waals surface area contributed by atoms with Gasteiger partial charge in [0.25, 0.3) is 5.89 Å². The zero-order valence-electron chi connectivity index (χ0n) is 16.4. The first-order valence-electron chi connectivity index (χ1n) is 8.58. The highest BCUT2D eigenvalue weighted by Gasteiger charge is 2.24. The van der Waals surface area contributed by atoms with Crippen molar-refractivity contribution in [3.05, 3.63) is 41.5 Å². The van der Waals surface area contributed by atoms with Crippen molar-refractivity contribution in [1.82, 2.24) is 19.7 Å². The lowest BCUT2D eigenvalue weighted by molar-refractivity contribution is -0.152. The summed E-state index contributed by atoms with van der Waals surface area (Å²) in [5.41, 5.74) is 0.480. The topological polar surface area (TPSA) is 134 Å². The summed E-state index contributed by atoms with van der Waals surface area (Å²) in [7, 11) is 2.29. The zero-order valence-corrected chi connectivity index (χ0v) is 17.2. The van der Waals surface area contributed by atoms with Crippen LogP contribution in [0.5, 0.6) is 0 Å². The number of rotatable bonds is 10. The average molecular weight is 436 g/mol. The number of carbonyl (C=O) groups excluding carboxylic acids is 3. The Balaban J connectivity index is 2.25. The maximum absolute atomic E-state index is 12.6. The van der Waals surface area contributed by atoms with Crippen LogP contribution < -0.4 is 5.76 Å².